The van der Waals surface area contributed by atoms with E-state index in [0.29, 0.717) is 0 Å². The third-order valence-electron chi connectivity index (χ3n) is 5.26. The quantitative estimate of drug-likeness (QED) is 0.323. The van der Waals surface area contributed by atoms with Crippen molar-refractivity contribution in [2.45, 2.75) is 6.42 Å². The first-order valence-electron chi connectivity index (χ1n) is 9.42. The van der Waals surface area contributed by atoms with E-state index in [4.69, 9.17) is 0 Å². The Kier molecular flexibility index (Phi) is 3.95. The lowest BCUT2D eigenvalue weighted by atomic mass is 9.95. The molecule has 0 radical (unpaired) electrons. The first-order chi connectivity index (χ1) is 13.4. The van der Waals surface area contributed by atoms with Crippen LogP contribution in [0.4, 0.5) is 0 Å². The minimum Gasteiger partial charge on any atom is -0.0622 e. The van der Waals surface area contributed by atoms with Crippen molar-refractivity contribution in [1.82, 2.24) is 0 Å². The number of hydrogen-bond donors (Lipinski definition) is 0. The van der Waals surface area contributed by atoms with Crippen molar-refractivity contribution < 1.29 is 0 Å². The number of hydrogen-bond acceptors (Lipinski definition) is 0. The molecule has 5 aromatic carbocycles. The molecule has 5 aromatic rings. The second-order valence-electron chi connectivity index (χ2n) is 7.09. The van der Waals surface area contributed by atoms with E-state index in [9.17, 15) is 0 Å². The van der Waals surface area contributed by atoms with Gasteiger partial charge in [0, 0.05) is 0 Å². The Morgan fingerprint density at radius 1 is 0.444 bits per heavy atom. The number of benzene rings is 5. The van der Waals surface area contributed by atoms with Gasteiger partial charge >= 0.3 is 0 Å². The van der Waals surface area contributed by atoms with Crippen molar-refractivity contribution in [3.63, 3.8) is 0 Å². The fourth-order valence-corrected chi connectivity index (χ4v) is 3.88. The maximum atomic E-state index is 2.33. The van der Waals surface area contributed by atoms with Crippen molar-refractivity contribution in [3.05, 3.63) is 120 Å². The lowest BCUT2D eigenvalue weighted by Crippen LogP contribution is -1.88. The van der Waals surface area contributed by atoms with E-state index in [2.05, 4.69) is 109 Å². The van der Waals surface area contributed by atoms with Crippen molar-refractivity contribution >= 4 is 21.5 Å². The Hall–Kier alpha value is -3.38. The molecule has 0 heteroatoms. The average Bonchev–Trinajstić information content (AvgIpc) is 2.73. The van der Waals surface area contributed by atoms with Crippen LogP contribution in [-0.2, 0) is 6.42 Å². The molecule has 0 heterocycles. The molecule has 0 saturated carbocycles. The lowest BCUT2D eigenvalue weighted by Gasteiger charge is -2.09. The summed E-state index contributed by atoms with van der Waals surface area (Å²) in [5, 5.41) is 5.18. The monoisotopic (exact) mass is 344 g/mol. The zero-order valence-corrected chi connectivity index (χ0v) is 15.1. The molecule has 0 bridgehead atoms. The van der Waals surface area contributed by atoms with Crippen molar-refractivity contribution in [2.75, 3.05) is 0 Å². The molecule has 0 spiro atoms. The van der Waals surface area contributed by atoms with E-state index in [0.717, 1.165) is 6.42 Å². The predicted molar refractivity (Wildman–Crippen MR) is 116 cm³/mol. The molecule has 0 aromatic heterocycles. The summed E-state index contributed by atoms with van der Waals surface area (Å²) >= 11 is 0. The van der Waals surface area contributed by atoms with Crippen molar-refractivity contribution in [2.24, 2.45) is 0 Å². The Morgan fingerprint density at radius 3 is 2.15 bits per heavy atom. The summed E-state index contributed by atoms with van der Waals surface area (Å²) in [6.45, 7) is 0. The fourth-order valence-electron chi connectivity index (χ4n) is 3.88. The molecule has 27 heavy (non-hydrogen) atoms. The molecule has 128 valence electrons. The van der Waals surface area contributed by atoms with Crippen LogP contribution in [0.3, 0.4) is 0 Å². The van der Waals surface area contributed by atoms with E-state index in [1.165, 1.54) is 43.8 Å². The van der Waals surface area contributed by atoms with Crippen LogP contribution in [0.15, 0.2) is 109 Å². The zero-order valence-electron chi connectivity index (χ0n) is 15.1. The molecular weight excluding hydrogens is 324 g/mol. The van der Waals surface area contributed by atoms with Gasteiger partial charge in [0.2, 0.25) is 0 Å². The SMILES string of the molecule is c1ccc(Cc2ccc3ccc(-c4cccc5ccccc45)cc3c2)cc1. The molecule has 0 unspecified atom stereocenters. The van der Waals surface area contributed by atoms with Gasteiger partial charge in [0.05, 0.1) is 0 Å². The first kappa shape index (κ1) is 15.8. The summed E-state index contributed by atoms with van der Waals surface area (Å²) in [7, 11) is 0. The fraction of sp³-hybridized carbons (Fsp3) is 0.0370. The standard InChI is InChI=1S/C27H20/c1-2-7-20(8-3-1)17-21-13-14-22-15-16-24(19-25(22)18-21)27-12-6-10-23-9-4-5-11-26(23)27/h1-16,18-19H,17H2. The third kappa shape index (κ3) is 3.11. The summed E-state index contributed by atoms with van der Waals surface area (Å²) in [5.41, 5.74) is 5.27. The van der Waals surface area contributed by atoms with E-state index in [-0.39, 0.29) is 0 Å². The predicted octanol–water partition coefficient (Wildman–Crippen LogP) is 7.25. The van der Waals surface area contributed by atoms with Crippen LogP contribution < -0.4 is 0 Å². The topological polar surface area (TPSA) is 0 Å². The van der Waals surface area contributed by atoms with E-state index < -0.39 is 0 Å². The van der Waals surface area contributed by atoms with Crippen LogP contribution >= 0.6 is 0 Å². The molecule has 0 amide bonds. The molecule has 0 aliphatic carbocycles. The third-order valence-corrected chi connectivity index (χ3v) is 5.26. The second kappa shape index (κ2) is 6.74. The summed E-state index contributed by atoms with van der Waals surface area (Å²) in [6, 6.07) is 39.4. The minimum absolute atomic E-state index is 0.968. The Morgan fingerprint density at radius 2 is 1.22 bits per heavy atom. The largest absolute Gasteiger partial charge is 0.0622 e. The molecular formula is C27H20. The van der Waals surface area contributed by atoms with E-state index in [1.807, 2.05) is 0 Å². The summed E-state index contributed by atoms with van der Waals surface area (Å²) in [5.74, 6) is 0. The molecule has 0 fully saturated rings. The van der Waals surface area contributed by atoms with Gasteiger partial charge in [-0.15, -0.1) is 0 Å². The smallest absolute Gasteiger partial charge is 0.00256 e. The number of rotatable bonds is 3. The van der Waals surface area contributed by atoms with Crippen LogP contribution in [0.25, 0.3) is 32.7 Å². The highest BCUT2D eigenvalue weighted by atomic mass is 14.1. The van der Waals surface area contributed by atoms with Gasteiger partial charge in [-0.25, -0.2) is 0 Å². The van der Waals surface area contributed by atoms with Gasteiger partial charge in [0.25, 0.3) is 0 Å². The van der Waals surface area contributed by atoms with Crippen LogP contribution in [0.5, 0.6) is 0 Å². The first-order valence-corrected chi connectivity index (χ1v) is 9.42. The van der Waals surface area contributed by atoms with Gasteiger partial charge in [-0.05, 0) is 56.3 Å². The summed E-state index contributed by atoms with van der Waals surface area (Å²) in [6.07, 6.45) is 0.968. The highest BCUT2D eigenvalue weighted by Gasteiger charge is 2.05. The van der Waals surface area contributed by atoms with Gasteiger partial charge in [-0.1, -0.05) is 103 Å². The Bertz CT molecular complexity index is 1230. The van der Waals surface area contributed by atoms with Gasteiger partial charge in [0.1, 0.15) is 0 Å². The van der Waals surface area contributed by atoms with E-state index >= 15 is 0 Å². The maximum absolute atomic E-state index is 2.33. The summed E-state index contributed by atoms with van der Waals surface area (Å²) < 4.78 is 0. The molecule has 0 saturated heterocycles. The van der Waals surface area contributed by atoms with Crippen LogP contribution in [0.1, 0.15) is 11.1 Å². The Balaban J connectivity index is 1.60. The van der Waals surface area contributed by atoms with Crippen LogP contribution in [-0.4, -0.2) is 0 Å². The van der Waals surface area contributed by atoms with Crippen molar-refractivity contribution in [1.29, 1.82) is 0 Å². The van der Waals surface area contributed by atoms with Crippen LogP contribution in [0, 0.1) is 0 Å². The van der Waals surface area contributed by atoms with E-state index in [1.54, 1.807) is 0 Å². The van der Waals surface area contributed by atoms with Gasteiger partial charge in [-0.2, -0.15) is 0 Å². The normalized spacial score (nSPS) is 11.1. The van der Waals surface area contributed by atoms with Gasteiger partial charge in [-0.3, -0.25) is 0 Å². The lowest BCUT2D eigenvalue weighted by molar-refractivity contribution is 1.20. The number of fused-ring (bicyclic) bond motifs is 2. The maximum Gasteiger partial charge on any atom is -0.00256 e. The molecule has 0 N–H and O–H groups in total. The van der Waals surface area contributed by atoms with Gasteiger partial charge in [0.15, 0.2) is 0 Å². The van der Waals surface area contributed by atoms with Gasteiger partial charge < -0.3 is 0 Å². The second-order valence-corrected chi connectivity index (χ2v) is 7.09. The van der Waals surface area contributed by atoms with Crippen LogP contribution in [0.2, 0.25) is 0 Å². The minimum atomic E-state index is 0.968. The van der Waals surface area contributed by atoms with Crippen molar-refractivity contribution in [3.8, 4) is 11.1 Å². The molecule has 5 rings (SSSR count). The average molecular weight is 344 g/mol. The molecule has 0 atom stereocenters. The highest BCUT2D eigenvalue weighted by Crippen LogP contribution is 2.31. The molecule has 0 aliphatic heterocycles. The Labute approximate surface area is 159 Å². The highest BCUT2D eigenvalue weighted by molar-refractivity contribution is 5.99. The zero-order chi connectivity index (χ0) is 18.1. The molecule has 0 aliphatic rings. The molecule has 0 nitrogen and oxygen atoms in total. The summed E-state index contributed by atoms with van der Waals surface area (Å²) in [4.78, 5) is 0.